The molecule has 2 aromatic rings. The maximum atomic E-state index is 6.05. The molecular weight excluding hydrogens is 194 g/mol. The smallest absolute Gasteiger partial charge is 0.0352 e. The first-order valence-corrected chi connectivity index (χ1v) is 5.52. The topological polar surface area (TPSA) is 26.0 Å². The molecular formula is C15H17N. The predicted octanol–water partition coefficient (Wildman–Crippen LogP) is 3.55. The molecule has 1 heteroatoms. The number of benzene rings is 2. The lowest BCUT2D eigenvalue weighted by Crippen LogP contribution is -2.28. The molecule has 2 N–H and O–H groups in total. The molecule has 0 amide bonds. The van der Waals surface area contributed by atoms with Gasteiger partial charge in [-0.3, -0.25) is 0 Å². The summed E-state index contributed by atoms with van der Waals surface area (Å²) >= 11 is 0. The van der Waals surface area contributed by atoms with Crippen LogP contribution in [0, 0.1) is 0 Å². The summed E-state index contributed by atoms with van der Waals surface area (Å²) in [7, 11) is 0. The largest absolute Gasteiger partial charge is 0.322 e. The fourth-order valence-corrected chi connectivity index (χ4v) is 1.72. The highest BCUT2D eigenvalue weighted by atomic mass is 14.7. The van der Waals surface area contributed by atoms with Crippen LogP contribution in [-0.2, 0) is 5.54 Å². The van der Waals surface area contributed by atoms with Crippen LogP contribution in [0.25, 0.3) is 11.1 Å². The number of rotatable bonds is 2. The minimum Gasteiger partial charge on any atom is -0.322 e. The Bertz CT molecular complexity index is 449. The van der Waals surface area contributed by atoms with Crippen LogP contribution in [0.1, 0.15) is 19.4 Å². The third-order valence-electron chi connectivity index (χ3n) is 2.74. The van der Waals surface area contributed by atoms with Crippen molar-refractivity contribution in [2.45, 2.75) is 19.4 Å². The molecule has 0 unspecified atom stereocenters. The summed E-state index contributed by atoms with van der Waals surface area (Å²) in [4.78, 5) is 0. The van der Waals surface area contributed by atoms with E-state index in [1.54, 1.807) is 0 Å². The van der Waals surface area contributed by atoms with E-state index in [2.05, 4.69) is 48.5 Å². The van der Waals surface area contributed by atoms with Crippen molar-refractivity contribution < 1.29 is 0 Å². The lowest BCUT2D eigenvalue weighted by molar-refractivity contribution is 0.554. The quantitative estimate of drug-likeness (QED) is 0.807. The van der Waals surface area contributed by atoms with E-state index in [4.69, 9.17) is 5.73 Å². The van der Waals surface area contributed by atoms with Crippen molar-refractivity contribution in [1.29, 1.82) is 0 Å². The normalized spacial score (nSPS) is 11.4. The minimum absolute atomic E-state index is 0.269. The average molecular weight is 211 g/mol. The average Bonchev–Trinajstić information content (AvgIpc) is 2.29. The molecule has 16 heavy (non-hydrogen) atoms. The van der Waals surface area contributed by atoms with Gasteiger partial charge in [0.2, 0.25) is 0 Å². The molecule has 0 radical (unpaired) electrons. The summed E-state index contributed by atoms with van der Waals surface area (Å²) in [5.41, 5.74) is 9.41. The van der Waals surface area contributed by atoms with Crippen LogP contribution in [0.2, 0.25) is 0 Å². The lowest BCUT2D eigenvalue weighted by atomic mass is 9.93. The molecule has 0 aliphatic carbocycles. The Balaban J connectivity index is 2.34. The number of nitrogens with two attached hydrogens (primary N) is 1. The zero-order chi connectivity index (χ0) is 11.6. The first-order valence-electron chi connectivity index (χ1n) is 5.52. The fraction of sp³-hybridized carbons (Fsp3) is 0.200. The lowest BCUT2D eigenvalue weighted by Gasteiger charge is -2.19. The second-order valence-electron chi connectivity index (χ2n) is 4.67. The molecule has 0 atom stereocenters. The monoisotopic (exact) mass is 211 g/mol. The van der Waals surface area contributed by atoms with Crippen LogP contribution in [0.3, 0.4) is 0 Å². The second kappa shape index (κ2) is 4.11. The van der Waals surface area contributed by atoms with Gasteiger partial charge in [0.1, 0.15) is 0 Å². The summed E-state index contributed by atoms with van der Waals surface area (Å²) < 4.78 is 0. The van der Waals surface area contributed by atoms with E-state index >= 15 is 0 Å². The molecule has 0 aromatic heterocycles. The zero-order valence-corrected chi connectivity index (χ0v) is 9.77. The molecule has 0 aliphatic rings. The Morgan fingerprint density at radius 2 is 1.25 bits per heavy atom. The Labute approximate surface area is 96.9 Å². The van der Waals surface area contributed by atoms with Gasteiger partial charge >= 0.3 is 0 Å². The van der Waals surface area contributed by atoms with Gasteiger partial charge in [-0.2, -0.15) is 0 Å². The highest BCUT2D eigenvalue weighted by molar-refractivity contribution is 5.63. The highest BCUT2D eigenvalue weighted by Crippen LogP contribution is 2.23. The van der Waals surface area contributed by atoms with Gasteiger partial charge < -0.3 is 5.73 Å². The highest BCUT2D eigenvalue weighted by Gasteiger charge is 2.13. The maximum Gasteiger partial charge on any atom is 0.0352 e. The summed E-state index contributed by atoms with van der Waals surface area (Å²) in [5.74, 6) is 0. The Morgan fingerprint density at radius 1 is 0.750 bits per heavy atom. The second-order valence-corrected chi connectivity index (χ2v) is 4.67. The van der Waals surface area contributed by atoms with Crippen LogP contribution >= 0.6 is 0 Å². The Morgan fingerprint density at radius 3 is 1.75 bits per heavy atom. The third-order valence-corrected chi connectivity index (χ3v) is 2.74. The van der Waals surface area contributed by atoms with Crippen molar-refractivity contribution in [3.8, 4) is 11.1 Å². The van der Waals surface area contributed by atoms with Crippen LogP contribution in [0.4, 0.5) is 0 Å². The molecule has 0 bridgehead atoms. The van der Waals surface area contributed by atoms with E-state index in [1.807, 2.05) is 19.9 Å². The van der Waals surface area contributed by atoms with Crippen LogP contribution in [0.15, 0.2) is 54.6 Å². The third kappa shape index (κ3) is 2.31. The van der Waals surface area contributed by atoms with Gasteiger partial charge in [-0.1, -0.05) is 54.6 Å². The maximum absolute atomic E-state index is 6.05. The molecule has 0 aliphatic heterocycles. The van der Waals surface area contributed by atoms with Crippen LogP contribution in [-0.4, -0.2) is 0 Å². The molecule has 0 fully saturated rings. The summed E-state index contributed by atoms with van der Waals surface area (Å²) in [5, 5.41) is 0. The van der Waals surface area contributed by atoms with Crippen molar-refractivity contribution in [3.05, 3.63) is 60.2 Å². The van der Waals surface area contributed by atoms with E-state index in [-0.39, 0.29) is 5.54 Å². The zero-order valence-electron chi connectivity index (χ0n) is 9.77. The van der Waals surface area contributed by atoms with Crippen molar-refractivity contribution >= 4 is 0 Å². The predicted molar refractivity (Wildman–Crippen MR) is 69.1 cm³/mol. The van der Waals surface area contributed by atoms with Crippen molar-refractivity contribution in [3.63, 3.8) is 0 Å². The summed E-state index contributed by atoms with van der Waals surface area (Å²) in [6.45, 7) is 4.04. The van der Waals surface area contributed by atoms with E-state index < -0.39 is 0 Å². The van der Waals surface area contributed by atoms with Gasteiger partial charge in [0, 0.05) is 5.54 Å². The van der Waals surface area contributed by atoms with Crippen LogP contribution < -0.4 is 5.73 Å². The Hall–Kier alpha value is -1.60. The van der Waals surface area contributed by atoms with Gasteiger partial charge in [0.05, 0.1) is 0 Å². The molecule has 2 rings (SSSR count). The molecule has 0 saturated heterocycles. The van der Waals surface area contributed by atoms with Crippen molar-refractivity contribution in [2.24, 2.45) is 5.73 Å². The van der Waals surface area contributed by atoms with Gasteiger partial charge in [-0.05, 0) is 30.5 Å². The number of hydrogen-bond acceptors (Lipinski definition) is 1. The van der Waals surface area contributed by atoms with E-state index in [1.165, 1.54) is 11.1 Å². The number of hydrogen-bond donors (Lipinski definition) is 1. The SMILES string of the molecule is CC(C)(N)c1ccc(-c2ccccc2)cc1. The Kier molecular flexibility index (Phi) is 2.80. The van der Waals surface area contributed by atoms with E-state index in [0.29, 0.717) is 0 Å². The molecule has 0 heterocycles. The van der Waals surface area contributed by atoms with Crippen molar-refractivity contribution in [2.75, 3.05) is 0 Å². The molecule has 0 spiro atoms. The fourth-order valence-electron chi connectivity index (χ4n) is 1.72. The molecule has 1 nitrogen and oxygen atoms in total. The first-order chi connectivity index (χ1) is 7.57. The minimum atomic E-state index is -0.269. The van der Waals surface area contributed by atoms with Gasteiger partial charge in [-0.25, -0.2) is 0 Å². The van der Waals surface area contributed by atoms with E-state index in [0.717, 1.165) is 5.56 Å². The van der Waals surface area contributed by atoms with Gasteiger partial charge in [0.25, 0.3) is 0 Å². The van der Waals surface area contributed by atoms with Gasteiger partial charge in [-0.15, -0.1) is 0 Å². The van der Waals surface area contributed by atoms with Crippen molar-refractivity contribution in [1.82, 2.24) is 0 Å². The van der Waals surface area contributed by atoms with Crippen LogP contribution in [0.5, 0.6) is 0 Å². The van der Waals surface area contributed by atoms with E-state index in [9.17, 15) is 0 Å². The molecule has 2 aromatic carbocycles. The van der Waals surface area contributed by atoms with Gasteiger partial charge in [0.15, 0.2) is 0 Å². The molecule has 0 saturated carbocycles. The standard InChI is InChI=1S/C15H17N/c1-15(2,16)14-10-8-13(9-11-14)12-6-4-3-5-7-12/h3-11H,16H2,1-2H3. The molecule has 82 valence electrons. The first kappa shape index (κ1) is 10.9. The summed E-state index contributed by atoms with van der Waals surface area (Å²) in [6, 6.07) is 18.8. The summed E-state index contributed by atoms with van der Waals surface area (Å²) in [6.07, 6.45) is 0.